The maximum Gasteiger partial charge on any atom is 0.0620 e. The van der Waals surface area contributed by atoms with Crippen LogP contribution in [0, 0.1) is 0 Å². The van der Waals surface area contributed by atoms with Crippen LogP contribution in [0.15, 0.2) is 400 Å². The summed E-state index contributed by atoms with van der Waals surface area (Å²) in [7, 11) is 0. The lowest BCUT2D eigenvalue weighted by atomic mass is 9.88. The van der Waals surface area contributed by atoms with Crippen LogP contribution in [0.2, 0.25) is 0 Å². The van der Waals surface area contributed by atoms with E-state index in [2.05, 4.69) is 455 Å². The van der Waals surface area contributed by atoms with Crippen molar-refractivity contribution in [3.05, 3.63) is 417 Å². The number of nitrogens with zero attached hydrogens (tertiary/aromatic N) is 3. The number of hydrogen-bond donors (Lipinski definition) is 0. The minimum absolute atomic E-state index is 0.413. The third-order valence-electron chi connectivity index (χ3n) is 27.6. The lowest BCUT2D eigenvalue weighted by Crippen LogP contribution is -1.94. The lowest BCUT2D eigenvalue weighted by Gasteiger charge is -2.16. The Labute approximate surface area is 730 Å². The SMILES string of the molecule is CC(C)c1cc(-c2ccccc2)cc(-c2cc3c4cc5ccccc5cc4n4c5cc6ccccc6cc5c(c2)c34)c1.CC(C)c1ccc(-c2cc3c4cc5ccccc5cc4n4c5cc6ccccc6cc5c(c2)c34)cc1-c1ccccc1.CC(C)c1ccc(-c2ccccc2)cc1-c1cc2c3cc4ccccc4cc3n3c4cc5ccccc5cc4c(c1)c23. The monoisotopic (exact) mass is 1610 g/mol. The van der Waals surface area contributed by atoms with E-state index in [1.54, 1.807) is 0 Å². The number of rotatable bonds is 9. The summed E-state index contributed by atoms with van der Waals surface area (Å²) in [6, 6.07) is 149. The first-order valence-corrected chi connectivity index (χ1v) is 44.6. The van der Waals surface area contributed by atoms with Crippen LogP contribution >= 0.6 is 0 Å². The molecule has 0 aliphatic rings. The van der Waals surface area contributed by atoms with Gasteiger partial charge in [0.15, 0.2) is 0 Å². The summed E-state index contributed by atoms with van der Waals surface area (Å²) in [5.41, 5.74) is 31.0. The highest BCUT2D eigenvalue weighted by atomic mass is 14.9. The van der Waals surface area contributed by atoms with Crippen LogP contribution in [0.25, 0.3) is 246 Å². The van der Waals surface area contributed by atoms with Crippen molar-refractivity contribution in [3.8, 4) is 66.8 Å². The molecule has 0 saturated heterocycles. The van der Waals surface area contributed by atoms with Gasteiger partial charge in [-0.3, -0.25) is 0 Å². The molecule has 27 rings (SSSR count). The Balaban J connectivity index is 0.000000103. The van der Waals surface area contributed by atoms with Crippen LogP contribution in [0.4, 0.5) is 0 Å². The van der Waals surface area contributed by atoms with E-state index in [-0.39, 0.29) is 0 Å². The van der Waals surface area contributed by atoms with Crippen LogP contribution in [0.5, 0.6) is 0 Å². The van der Waals surface area contributed by atoms with E-state index in [9.17, 15) is 0 Å². The van der Waals surface area contributed by atoms with Crippen molar-refractivity contribution >= 4 is 179 Å². The van der Waals surface area contributed by atoms with Gasteiger partial charge in [-0.05, 0) is 293 Å². The fourth-order valence-corrected chi connectivity index (χ4v) is 21.4. The number of aromatic nitrogens is 3. The van der Waals surface area contributed by atoms with E-state index in [1.165, 1.54) is 262 Å². The highest BCUT2D eigenvalue weighted by molar-refractivity contribution is 6.31. The predicted molar refractivity (Wildman–Crippen MR) is 543 cm³/mol. The predicted octanol–water partition coefficient (Wildman–Crippen LogP) is 34.8. The molecule has 27 aromatic rings. The lowest BCUT2D eigenvalue weighted by molar-refractivity contribution is 0.867. The molecule has 0 saturated carbocycles. The molecule has 3 heteroatoms. The number of hydrogen-bond acceptors (Lipinski definition) is 0. The molecule has 0 atom stereocenters. The van der Waals surface area contributed by atoms with Gasteiger partial charge in [-0.25, -0.2) is 0 Å². The van der Waals surface area contributed by atoms with Crippen molar-refractivity contribution in [1.82, 2.24) is 13.2 Å². The van der Waals surface area contributed by atoms with Gasteiger partial charge in [0.2, 0.25) is 0 Å². The maximum atomic E-state index is 2.52. The van der Waals surface area contributed by atoms with Gasteiger partial charge in [0, 0.05) is 64.6 Å². The summed E-state index contributed by atoms with van der Waals surface area (Å²) >= 11 is 0. The fourth-order valence-electron chi connectivity index (χ4n) is 21.4. The molecule has 0 aliphatic heterocycles. The summed E-state index contributed by atoms with van der Waals surface area (Å²) in [6.07, 6.45) is 0. The molecule has 0 radical (unpaired) electrons. The minimum Gasteiger partial charge on any atom is -0.308 e. The summed E-state index contributed by atoms with van der Waals surface area (Å²) in [6.45, 7) is 13.8. The maximum absolute atomic E-state index is 2.52. The molecule has 21 aromatic carbocycles. The van der Waals surface area contributed by atoms with E-state index in [0.717, 1.165) is 0 Å². The van der Waals surface area contributed by atoms with Crippen LogP contribution in [-0.2, 0) is 0 Å². The van der Waals surface area contributed by atoms with Crippen molar-refractivity contribution < 1.29 is 0 Å². The first-order chi connectivity index (χ1) is 61.9. The smallest absolute Gasteiger partial charge is 0.0620 e. The summed E-state index contributed by atoms with van der Waals surface area (Å²) in [5, 5.41) is 31.1. The second kappa shape index (κ2) is 28.6. The Morgan fingerprint density at radius 3 is 0.659 bits per heavy atom. The minimum atomic E-state index is 0.413. The third-order valence-corrected chi connectivity index (χ3v) is 27.6. The molecule has 594 valence electrons. The van der Waals surface area contributed by atoms with Crippen LogP contribution in [0.1, 0.15) is 76.0 Å². The fraction of sp³-hybridized carbons (Fsp3) is 0.0732. The summed E-state index contributed by atoms with van der Waals surface area (Å²) in [4.78, 5) is 0. The quantitative estimate of drug-likeness (QED) is 0.137. The average molecular weight is 1610 g/mol. The Kier molecular flexibility index (Phi) is 16.6. The normalized spacial score (nSPS) is 12.3. The zero-order valence-corrected chi connectivity index (χ0v) is 71.2. The standard InChI is InChI=1S/3C41H29N/c1-25(2)31-16-32(26-10-4-3-5-11-26)18-33(17-31)34-21-37-35-19-27-12-6-8-14-29(27)23-39(35)42-40-24-30-15-9-7-13-28(30)20-36(40)38(22-34)41(37)42;1-25(2)33-17-16-31(18-34(33)26-10-4-3-5-11-26)32-21-37-35-19-27-12-6-8-14-29(27)23-39(35)42-40-24-30-15-9-7-13-28(30)20-36(40)38(22-32)41(37)42;1-25(2)33-17-16-31(26-10-4-3-5-11-26)18-34(33)32-21-37-35-19-27-12-6-8-14-29(27)23-39(35)42-40-24-30-15-9-7-13-28(30)20-36(40)38(22-32)41(37)42/h3*3-25H,1-2H3. The van der Waals surface area contributed by atoms with Gasteiger partial charge in [-0.15, -0.1) is 0 Å². The van der Waals surface area contributed by atoms with Crippen molar-refractivity contribution in [2.75, 3.05) is 0 Å². The van der Waals surface area contributed by atoms with Crippen molar-refractivity contribution in [1.29, 1.82) is 0 Å². The van der Waals surface area contributed by atoms with Gasteiger partial charge < -0.3 is 13.2 Å². The second-order valence-corrected chi connectivity index (χ2v) is 36.1. The van der Waals surface area contributed by atoms with Crippen molar-refractivity contribution in [3.63, 3.8) is 0 Å². The molecule has 0 spiro atoms. The van der Waals surface area contributed by atoms with Gasteiger partial charge in [-0.1, -0.05) is 315 Å². The van der Waals surface area contributed by atoms with Gasteiger partial charge in [0.1, 0.15) is 0 Å². The molecule has 0 N–H and O–H groups in total. The molecular weight excluding hydrogens is 1520 g/mol. The molecule has 0 bridgehead atoms. The first-order valence-electron chi connectivity index (χ1n) is 44.6. The first kappa shape index (κ1) is 73.3. The topological polar surface area (TPSA) is 13.2 Å². The van der Waals surface area contributed by atoms with E-state index in [4.69, 9.17) is 0 Å². The molecular formula is C123H87N3. The molecule has 3 nitrogen and oxygen atoms in total. The van der Waals surface area contributed by atoms with Gasteiger partial charge in [-0.2, -0.15) is 0 Å². The third kappa shape index (κ3) is 11.6. The van der Waals surface area contributed by atoms with Gasteiger partial charge in [0.25, 0.3) is 0 Å². The highest BCUT2D eigenvalue weighted by Crippen LogP contribution is 2.50. The number of fused-ring (bicyclic) bond motifs is 24. The zero-order valence-electron chi connectivity index (χ0n) is 71.2. The molecule has 0 fully saturated rings. The van der Waals surface area contributed by atoms with Gasteiger partial charge >= 0.3 is 0 Å². The molecule has 0 unspecified atom stereocenters. The Hall–Kier alpha value is -15.4. The molecule has 0 amide bonds. The molecule has 6 heterocycles. The van der Waals surface area contributed by atoms with Crippen LogP contribution < -0.4 is 0 Å². The number of benzene rings is 21. The highest BCUT2D eigenvalue weighted by Gasteiger charge is 2.27. The summed E-state index contributed by atoms with van der Waals surface area (Å²) in [5.74, 6) is 1.29. The van der Waals surface area contributed by atoms with E-state index in [0.29, 0.717) is 17.8 Å². The van der Waals surface area contributed by atoms with E-state index >= 15 is 0 Å². The molecule has 126 heavy (non-hydrogen) atoms. The van der Waals surface area contributed by atoms with E-state index in [1.807, 2.05) is 0 Å². The van der Waals surface area contributed by atoms with Crippen molar-refractivity contribution in [2.45, 2.75) is 59.3 Å². The average Bonchev–Trinajstić information content (AvgIpc) is 1.54. The summed E-state index contributed by atoms with van der Waals surface area (Å²) < 4.78 is 7.54. The molecule has 0 aliphatic carbocycles. The van der Waals surface area contributed by atoms with Crippen LogP contribution in [0.3, 0.4) is 0 Å². The Morgan fingerprint density at radius 2 is 0.373 bits per heavy atom. The Bertz CT molecular complexity index is 8740. The largest absolute Gasteiger partial charge is 0.308 e. The second-order valence-electron chi connectivity index (χ2n) is 36.1. The molecule has 6 aromatic heterocycles. The van der Waals surface area contributed by atoms with Crippen LogP contribution in [-0.4, -0.2) is 13.2 Å². The zero-order chi connectivity index (χ0) is 83.8. The van der Waals surface area contributed by atoms with Gasteiger partial charge in [0.05, 0.1) is 49.7 Å². The van der Waals surface area contributed by atoms with E-state index < -0.39 is 0 Å². The Morgan fingerprint density at radius 1 is 0.151 bits per heavy atom. The van der Waals surface area contributed by atoms with Crippen molar-refractivity contribution in [2.24, 2.45) is 0 Å².